The van der Waals surface area contributed by atoms with Crippen LogP contribution in [0.4, 0.5) is 4.79 Å². The fraction of sp³-hybridized carbons (Fsp3) is 0.560. The molecule has 1 saturated carbocycles. The molecule has 4 N–H and O–H groups in total. The summed E-state index contributed by atoms with van der Waals surface area (Å²) in [7, 11) is 0. The van der Waals surface area contributed by atoms with Gasteiger partial charge in [-0.1, -0.05) is 37.6 Å². The Morgan fingerprint density at radius 1 is 1.25 bits per heavy atom. The van der Waals surface area contributed by atoms with Gasteiger partial charge in [-0.05, 0) is 47.8 Å². The van der Waals surface area contributed by atoms with Gasteiger partial charge in [0.25, 0.3) is 0 Å². The van der Waals surface area contributed by atoms with Gasteiger partial charge in [-0.3, -0.25) is 14.4 Å². The van der Waals surface area contributed by atoms with E-state index in [4.69, 9.17) is 11.6 Å². The van der Waals surface area contributed by atoms with Gasteiger partial charge in [0.05, 0.1) is 6.04 Å². The third kappa shape index (κ3) is 5.18. The number of rotatable bonds is 9. The fourth-order valence-electron chi connectivity index (χ4n) is 5.81. The lowest BCUT2D eigenvalue weighted by Gasteiger charge is -2.33. The van der Waals surface area contributed by atoms with Gasteiger partial charge >= 0.3 is 6.09 Å². The topological polar surface area (TPSA) is 145 Å². The van der Waals surface area contributed by atoms with Crippen molar-refractivity contribution in [1.29, 1.82) is 0 Å². The first-order valence-electron chi connectivity index (χ1n) is 12.1. The average molecular weight is 519 g/mol. The first kappa shape index (κ1) is 25.9. The number of aldehydes is 1. The molecule has 0 aromatic heterocycles. The second-order valence-corrected chi connectivity index (χ2v) is 10.9. The van der Waals surface area contributed by atoms with Crippen LogP contribution >= 0.6 is 11.6 Å². The van der Waals surface area contributed by atoms with Gasteiger partial charge in [0.15, 0.2) is 0 Å². The van der Waals surface area contributed by atoms with Crippen LogP contribution in [0.2, 0.25) is 5.02 Å². The molecule has 1 aromatic rings. The molecule has 4 amide bonds. The van der Waals surface area contributed by atoms with E-state index in [0.717, 1.165) is 0 Å². The standard InChI is InChI=1S/C25H31ClN4O6/c1-25(2)17-11-30(23(34)18(29-24(35)36)9-13-3-5-15(26)6-4-13)20(19(17)25)22(33)28-16(12-31)10-14-7-8-27-21(14)32/h3-6,12,14,16-20,29H,7-11H2,1-2H3,(H,27,32)(H,28,33)(H,35,36)/t14?,16?,17-,18?,19-,20-/m0/s1. The molecule has 3 unspecified atom stereocenters. The summed E-state index contributed by atoms with van der Waals surface area (Å²) < 4.78 is 0. The molecule has 11 heteroatoms. The van der Waals surface area contributed by atoms with Crippen molar-refractivity contribution in [3.8, 4) is 0 Å². The second-order valence-electron chi connectivity index (χ2n) is 10.5. The SMILES string of the molecule is CC1(C)[C@@H]2[C@@H](C(=O)NC(C=O)CC3CCNC3=O)N(C(=O)C(Cc3ccc(Cl)cc3)NC(=O)O)C[C@@H]21. The summed E-state index contributed by atoms with van der Waals surface area (Å²) in [5.74, 6) is -1.46. The van der Waals surface area contributed by atoms with Crippen molar-refractivity contribution in [3.63, 3.8) is 0 Å². The molecule has 36 heavy (non-hydrogen) atoms. The summed E-state index contributed by atoms with van der Waals surface area (Å²) in [6.45, 7) is 4.93. The minimum Gasteiger partial charge on any atom is -0.465 e. The van der Waals surface area contributed by atoms with Crippen LogP contribution in [0.15, 0.2) is 24.3 Å². The molecular formula is C25H31ClN4O6. The quantitative estimate of drug-likeness (QED) is 0.362. The molecule has 2 saturated heterocycles. The predicted molar refractivity (Wildman–Crippen MR) is 130 cm³/mol. The lowest BCUT2D eigenvalue weighted by atomic mass is 9.96. The van der Waals surface area contributed by atoms with Gasteiger partial charge in [-0.15, -0.1) is 0 Å². The molecule has 3 aliphatic rings. The number of hydrogen-bond donors (Lipinski definition) is 4. The third-order valence-corrected chi connectivity index (χ3v) is 8.15. The Kier molecular flexibility index (Phi) is 7.26. The Bertz CT molecular complexity index is 1060. The van der Waals surface area contributed by atoms with Crippen LogP contribution < -0.4 is 16.0 Å². The third-order valence-electron chi connectivity index (χ3n) is 7.90. The number of carbonyl (C=O) groups is 5. The van der Waals surface area contributed by atoms with E-state index >= 15 is 0 Å². The maximum atomic E-state index is 13.6. The average Bonchev–Trinajstić information content (AvgIpc) is 3.18. The summed E-state index contributed by atoms with van der Waals surface area (Å²) in [6.07, 6.45) is 0.162. The van der Waals surface area contributed by atoms with E-state index < -0.39 is 36.0 Å². The van der Waals surface area contributed by atoms with E-state index in [-0.39, 0.29) is 41.9 Å². The van der Waals surface area contributed by atoms with Crippen molar-refractivity contribution in [2.75, 3.05) is 13.1 Å². The summed E-state index contributed by atoms with van der Waals surface area (Å²) in [5, 5.41) is 17.6. The summed E-state index contributed by atoms with van der Waals surface area (Å²) in [4.78, 5) is 63.6. The van der Waals surface area contributed by atoms with Crippen molar-refractivity contribution in [2.45, 2.75) is 51.2 Å². The first-order valence-corrected chi connectivity index (χ1v) is 12.5. The number of piperidine rings is 1. The Labute approximate surface area is 214 Å². The number of nitrogens with one attached hydrogen (secondary N) is 3. The largest absolute Gasteiger partial charge is 0.465 e. The van der Waals surface area contributed by atoms with Gasteiger partial charge in [-0.2, -0.15) is 0 Å². The molecule has 2 heterocycles. The van der Waals surface area contributed by atoms with Crippen LogP contribution in [0.5, 0.6) is 0 Å². The molecule has 4 rings (SSSR count). The number of hydrogen-bond acceptors (Lipinski definition) is 5. The zero-order valence-electron chi connectivity index (χ0n) is 20.2. The number of halogens is 1. The normalized spacial score (nSPS) is 27.4. The summed E-state index contributed by atoms with van der Waals surface area (Å²) in [6, 6.07) is 3.97. The highest BCUT2D eigenvalue weighted by atomic mass is 35.5. The van der Waals surface area contributed by atoms with Crippen molar-refractivity contribution in [2.24, 2.45) is 23.2 Å². The van der Waals surface area contributed by atoms with Crippen LogP contribution in [0.25, 0.3) is 0 Å². The molecule has 10 nitrogen and oxygen atoms in total. The molecule has 0 spiro atoms. The van der Waals surface area contributed by atoms with Gasteiger partial charge in [0.1, 0.15) is 18.4 Å². The molecule has 3 fully saturated rings. The Balaban J connectivity index is 1.51. The van der Waals surface area contributed by atoms with E-state index in [2.05, 4.69) is 16.0 Å². The Morgan fingerprint density at radius 2 is 1.94 bits per heavy atom. The van der Waals surface area contributed by atoms with E-state index in [1.807, 2.05) is 13.8 Å². The Morgan fingerprint density at radius 3 is 2.53 bits per heavy atom. The van der Waals surface area contributed by atoms with Crippen LogP contribution in [0, 0.1) is 23.2 Å². The molecule has 0 bridgehead atoms. The number of fused-ring (bicyclic) bond motifs is 1. The number of likely N-dealkylation sites (tertiary alicyclic amines) is 1. The maximum Gasteiger partial charge on any atom is 0.405 e. The number of carboxylic acid groups (broad SMARTS) is 1. The van der Waals surface area contributed by atoms with E-state index in [9.17, 15) is 29.1 Å². The molecule has 1 aliphatic carbocycles. The van der Waals surface area contributed by atoms with Crippen molar-refractivity contribution >= 4 is 41.7 Å². The summed E-state index contributed by atoms with van der Waals surface area (Å²) >= 11 is 5.94. The number of nitrogens with zero attached hydrogens (tertiary/aromatic N) is 1. The minimum atomic E-state index is -1.34. The van der Waals surface area contributed by atoms with Crippen LogP contribution in [-0.2, 0) is 25.6 Å². The number of benzene rings is 1. The maximum absolute atomic E-state index is 13.6. The van der Waals surface area contributed by atoms with E-state index in [1.54, 1.807) is 24.3 Å². The fourth-order valence-corrected chi connectivity index (χ4v) is 5.94. The molecular weight excluding hydrogens is 488 g/mol. The van der Waals surface area contributed by atoms with Crippen LogP contribution in [-0.4, -0.2) is 71.3 Å². The van der Waals surface area contributed by atoms with Crippen molar-refractivity contribution in [3.05, 3.63) is 34.9 Å². The second kappa shape index (κ2) is 10.1. The van der Waals surface area contributed by atoms with Crippen molar-refractivity contribution < 1.29 is 29.1 Å². The highest BCUT2D eigenvalue weighted by Gasteiger charge is 2.69. The summed E-state index contributed by atoms with van der Waals surface area (Å²) in [5.41, 5.74) is 0.556. The molecule has 1 aromatic carbocycles. The highest BCUT2D eigenvalue weighted by Crippen LogP contribution is 2.64. The number of amides is 4. The van der Waals surface area contributed by atoms with Crippen LogP contribution in [0.1, 0.15) is 32.3 Å². The zero-order chi connectivity index (χ0) is 26.2. The van der Waals surface area contributed by atoms with Crippen molar-refractivity contribution in [1.82, 2.24) is 20.9 Å². The smallest absolute Gasteiger partial charge is 0.405 e. The molecule has 6 atom stereocenters. The first-order chi connectivity index (χ1) is 17.0. The molecule has 0 radical (unpaired) electrons. The monoisotopic (exact) mass is 518 g/mol. The van der Waals surface area contributed by atoms with Crippen LogP contribution in [0.3, 0.4) is 0 Å². The molecule has 194 valence electrons. The predicted octanol–water partition coefficient (Wildman–Crippen LogP) is 1.21. The lowest BCUT2D eigenvalue weighted by molar-refractivity contribution is -0.142. The Hall–Kier alpha value is -3.14. The zero-order valence-corrected chi connectivity index (χ0v) is 21.0. The van der Waals surface area contributed by atoms with Gasteiger partial charge in [0.2, 0.25) is 17.7 Å². The van der Waals surface area contributed by atoms with Gasteiger partial charge < -0.3 is 30.8 Å². The number of carbonyl (C=O) groups excluding carboxylic acids is 4. The van der Waals surface area contributed by atoms with Gasteiger partial charge in [-0.25, -0.2) is 4.79 Å². The van der Waals surface area contributed by atoms with E-state index in [0.29, 0.717) is 36.4 Å². The van der Waals surface area contributed by atoms with Gasteiger partial charge in [0, 0.05) is 30.5 Å². The highest BCUT2D eigenvalue weighted by molar-refractivity contribution is 6.30. The van der Waals surface area contributed by atoms with E-state index in [1.165, 1.54) is 4.90 Å². The lowest BCUT2D eigenvalue weighted by Crippen LogP contribution is -2.57. The molecule has 2 aliphatic heterocycles. The minimum absolute atomic E-state index is 0.0912.